The molecule has 3 rings (SSSR count). The highest BCUT2D eigenvalue weighted by atomic mass is 32.1. The van der Waals surface area contributed by atoms with Crippen LogP contribution in [0.15, 0.2) is 34.3 Å². The maximum absolute atomic E-state index is 12.2. The van der Waals surface area contributed by atoms with Gasteiger partial charge in [-0.2, -0.15) is 11.3 Å². The first-order valence-electron chi connectivity index (χ1n) is 8.30. The van der Waals surface area contributed by atoms with Crippen LogP contribution in [-0.2, 0) is 9.53 Å². The molecule has 0 fully saturated rings. The van der Waals surface area contributed by atoms with Gasteiger partial charge in [0.15, 0.2) is 23.8 Å². The molecule has 0 radical (unpaired) electrons. The van der Waals surface area contributed by atoms with Gasteiger partial charge in [0.25, 0.3) is 5.91 Å². The maximum atomic E-state index is 12.2. The second-order valence-electron chi connectivity index (χ2n) is 5.59. The molecule has 152 valence electrons. The molecule has 0 unspecified atom stereocenters. The standard InChI is InChI=1S/C19H18N2O6S2/c1-24-14-6-12(7-15(25-2)17(14)26-3)20-16(22)8-27-19(23)13-10-29-18(21-13)11-4-5-28-9-11/h4-7,9-10H,8H2,1-3H3,(H,20,22). The summed E-state index contributed by atoms with van der Waals surface area (Å²) < 4.78 is 20.8. The van der Waals surface area contributed by atoms with Crippen molar-refractivity contribution in [2.24, 2.45) is 0 Å². The second-order valence-corrected chi connectivity index (χ2v) is 7.23. The fourth-order valence-electron chi connectivity index (χ4n) is 2.44. The zero-order valence-electron chi connectivity index (χ0n) is 15.9. The molecular weight excluding hydrogens is 416 g/mol. The summed E-state index contributed by atoms with van der Waals surface area (Å²) in [5.74, 6) is 0.0122. The lowest BCUT2D eigenvalue weighted by Crippen LogP contribution is -2.21. The summed E-state index contributed by atoms with van der Waals surface area (Å²) in [6, 6.07) is 5.08. The van der Waals surface area contributed by atoms with E-state index in [0.29, 0.717) is 22.9 Å². The Labute approximate surface area is 175 Å². The number of thiophene rings is 1. The fourth-order valence-corrected chi connectivity index (χ4v) is 3.94. The van der Waals surface area contributed by atoms with Crippen LogP contribution in [0.3, 0.4) is 0 Å². The first kappa shape index (κ1) is 20.6. The quantitative estimate of drug-likeness (QED) is 0.540. The predicted octanol–water partition coefficient (Wildman–Crippen LogP) is 3.69. The van der Waals surface area contributed by atoms with Crippen LogP contribution in [0.1, 0.15) is 10.5 Å². The van der Waals surface area contributed by atoms with Gasteiger partial charge in [-0.1, -0.05) is 0 Å². The van der Waals surface area contributed by atoms with Gasteiger partial charge in [0, 0.05) is 34.1 Å². The Kier molecular flexibility index (Phi) is 6.68. The Morgan fingerprint density at radius 2 is 1.79 bits per heavy atom. The van der Waals surface area contributed by atoms with Crippen molar-refractivity contribution in [1.82, 2.24) is 4.98 Å². The Morgan fingerprint density at radius 1 is 1.07 bits per heavy atom. The molecule has 0 aliphatic carbocycles. The van der Waals surface area contributed by atoms with Crippen LogP contribution >= 0.6 is 22.7 Å². The van der Waals surface area contributed by atoms with Gasteiger partial charge in [-0.15, -0.1) is 11.3 Å². The third-order valence-corrected chi connectivity index (χ3v) is 5.34. The number of carbonyl (C=O) groups is 2. The van der Waals surface area contributed by atoms with E-state index in [0.717, 1.165) is 10.6 Å². The van der Waals surface area contributed by atoms with E-state index in [2.05, 4.69) is 10.3 Å². The number of aromatic nitrogens is 1. The van der Waals surface area contributed by atoms with E-state index >= 15 is 0 Å². The van der Waals surface area contributed by atoms with Crippen LogP contribution < -0.4 is 19.5 Å². The highest BCUT2D eigenvalue weighted by Crippen LogP contribution is 2.39. The average molecular weight is 434 g/mol. The first-order chi connectivity index (χ1) is 14.0. The number of thiazole rings is 1. The van der Waals surface area contributed by atoms with Crippen molar-refractivity contribution in [2.45, 2.75) is 0 Å². The molecule has 3 aromatic rings. The van der Waals surface area contributed by atoms with E-state index in [1.54, 1.807) is 28.8 Å². The summed E-state index contributed by atoms with van der Waals surface area (Å²) in [4.78, 5) is 28.6. The van der Waals surface area contributed by atoms with Crippen LogP contribution in [0.5, 0.6) is 17.2 Å². The van der Waals surface area contributed by atoms with E-state index in [-0.39, 0.29) is 5.69 Å². The molecule has 2 heterocycles. The topological polar surface area (TPSA) is 96.0 Å². The molecule has 2 aromatic heterocycles. The van der Waals surface area contributed by atoms with Gasteiger partial charge in [0.05, 0.1) is 21.3 Å². The van der Waals surface area contributed by atoms with Crippen LogP contribution in [0.25, 0.3) is 10.6 Å². The molecule has 0 atom stereocenters. The molecular formula is C19H18N2O6S2. The van der Waals surface area contributed by atoms with Crippen LogP contribution in [0.4, 0.5) is 5.69 Å². The lowest BCUT2D eigenvalue weighted by molar-refractivity contribution is -0.119. The van der Waals surface area contributed by atoms with Crippen molar-refractivity contribution < 1.29 is 28.5 Å². The smallest absolute Gasteiger partial charge is 0.358 e. The number of methoxy groups -OCH3 is 3. The monoisotopic (exact) mass is 434 g/mol. The molecule has 10 heteroatoms. The minimum absolute atomic E-state index is 0.164. The van der Waals surface area contributed by atoms with Crippen molar-refractivity contribution in [2.75, 3.05) is 33.3 Å². The summed E-state index contributed by atoms with van der Waals surface area (Å²) in [6.45, 7) is -0.458. The number of anilines is 1. The fraction of sp³-hybridized carbons (Fsp3) is 0.211. The summed E-state index contributed by atoms with van der Waals surface area (Å²) in [7, 11) is 4.44. The molecule has 0 aliphatic heterocycles. The van der Waals surface area contributed by atoms with Gasteiger partial charge in [-0.25, -0.2) is 9.78 Å². The summed E-state index contributed by atoms with van der Waals surface area (Å²) in [5, 5.41) is 8.83. The third kappa shape index (κ3) is 4.84. The number of hydrogen-bond acceptors (Lipinski definition) is 9. The highest BCUT2D eigenvalue weighted by Gasteiger charge is 2.17. The normalized spacial score (nSPS) is 10.3. The van der Waals surface area contributed by atoms with E-state index in [9.17, 15) is 9.59 Å². The Bertz CT molecular complexity index is 975. The van der Waals surface area contributed by atoms with Crippen molar-refractivity contribution in [3.8, 4) is 27.8 Å². The summed E-state index contributed by atoms with van der Waals surface area (Å²) >= 11 is 2.89. The Morgan fingerprint density at radius 3 is 2.38 bits per heavy atom. The number of amides is 1. The summed E-state index contributed by atoms with van der Waals surface area (Å²) in [6.07, 6.45) is 0. The molecule has 1 aromatic carbocycles. The minimum Gasteiger partial charge on any atom is -0.493 e. The number of rotatable bonds is 8. The molecule has 0 bridgehead atoms. The number of benzene rings is 1. The zero-order valence-corrected chi connectivity index (χ0v) is 17.5. The molecule has 0 spiro atoms. The molecule has 29 heavy (non-hydrogen) atoms. The average Bonchev–Trinajstić information content (AvgIpc) is 3.42. The Hall–Kier alpha value is -3.11. The van der Waals surface area contributed by atoms with Crippen LogP contribution in [0, 0.1) is 0 Å². The zero-order chi connectivity index (χ0) is 20.8. The number of nitrogens with zero attached hydrogens (tertiary/aromatic N) is 1. The molecule has 0 saturated carbocycles. The lowest BCUT2D eigenvalue weighted by Gasteiger charge is -2.14. The molecule has 1 N–H and O–H groups in total. The third-order valence-electron chi connectivity index (χ3n) is 3.76. The lowest BCUT2D eigenvalue weighted by atomic mass is 10.2. The van der Waals surface area contributed by atoms with Crippen molar-refractivity contribution >= 4 is 40.2 Å². The minimum atomic E-state index is -0.664. The van der Waals surface area contributed by atoms with Crippen LogP contribution in [-0.4, -0.2) is 44.8 Å². The van der Waals surface area contributed by atoms with Crippen molar-refractivity contribution in [3.63, 3.8) is 0 Å². The molecule has 0 aliphatic rings. The van der Waals surface area contributed by atoms with E-state index in [4.69, 9.17) is 18.9 Å². The number of esters is 1. The van der Waals surface area contributed by atoms with Crippen molar-refractivity contribution in [3.05, 3.63) is 40.0 Å². The molecule has 1 amide bonds. The van der Waals surface area contributed by atoms with Crippen LogP contribution in [0.2, 0.25) is 0 Å². The summed E-state index contributed by atoms with van der Waals surface area (Å²) in [5.41, 5.74) is 1.52. The van der Waals surface area contributed by atoms with E-state index in [1.807, 2.05) is 16.8 Å². The number of hydrogen-bond donors (Lipinski definition) is 1. The second kappa shape index (κ2) is 9.39. The number of nitrogens with one attached hydrogen (secondary N) is 1. The van der Waals surface area contributed by atoms with Gasteiger partial charge in [0.1, 0.15) is 5.01 Å². The largest absolute Gasteiger partial charge is 0.493 e. The van der Waals surface area contributed by atoms with Gasteiger partial charge >= 0.3 is 5.97 Å². The Balaban J connectivity index is 1.60. The van der Waals surface area contributed by atoms with Gasteiger partial charge in [0.2, 0.25) is 5.75 Å². The first-order valence-corrected chi connectivity index (χ1v) is 10.1. The van der Waals surface area contributed by atoms with Gasteiger partial charge in [-0.3, -0.25) is 4.79 Å². The predicted molar refractivity (Wildman–Crippen MR) is 110 cm³/mol. The maximum Gasteiger partial charge on any atom is 0.358 e. The number of carbonyl (C=O) groups excluding carboxylic acids is 2. The van der Waals surface area contributed by atoms with E-state index in [1.165, 1.54) is 32.7 Å². The van der Waals surface area contributed by atoms with Gasteiger partial charge in [-0.05, 0) is 11.4 Å². The van der Waals surface area contributed by atoms with Crippen molar-refractivity contribution in [1.29, 1.82) is 0 Å². The molecule has 8 nitrogen and oxygen atoms in total. The SMILES string of the molecule is COc1cc(NC(=O)COC(=O)c2csc(-c3ccsc3)n2)cc(OC)c1OC. The number of ether oxygens (including phenoxy) is 4. The highest BCUT2D eigenvalue weighted by molar-refractivity contribution is 7.14. The van der Waals surface area contributed by atoms with Gasteiger partial charge < -0.3 is 24.3 Å². The van der Waals surface area contributed by atoms with E-state index < -0.39 is 18.5 Å². The molecule has 0 saturated heterocycles.